The molecule has 0 saturated carbocycles. The third-order valence-corrected chi connectivity index (χ3v) is 7.19. The molecule has 2 rings (SSSR count). The maximum absolute atomic E-state index is 13.3. The van der Waals surface area contributed by atoms with Gasteiger partial charge in [-0.15, -0.1) is 0 Å². The number of amides is 2. The third-order valence-electron chi connectivity index (χ3n) is 5.51. The summed E-state index contributed by atoms with van der Waals surface area (Å²) >= 11 is 3.43. The molecule has 35 heavy (non-hydrogen) atoms. The summed E-state index contributed by atoms with van der Waals surface area (Å²) in [6, 6.07) is 12.0. The molecule has 2 aromatic carbocycles. The van der Waals surface area contributed by atoms with E-state index in [0.717, 1.165) is 33.4 Å². The molecular formula is C25H33BrFN3O4S. The van der Waals surface area contributed by atoms with Gasteiger partial charge in [-0.2, -0.15) is 0 Å². The first-order valence-electron chi connectivity index (χ1n) is 11.6. The van der Waals surface area contributed by atoms with E-state index in [0.29, 0.717) is 12.2 Å². The van der Waals surface area contributed by atoms with Crippen molar-refractivity contribution in [2.75, 3.05) is 23.7 Å². The van der Waals surface area contributed by atoms with Gasteiger partial charge < -0.3 is 10.2 Å². The smallest absolute Gasteiger partial charge is 0.242 e. The lowest BCUT2D eigenvalue weighted by atomic mass is 10.1. The molecule has 7 nitrogen and oxygen atoms in total. The highest BCUT2D eigenvalue weighted by atomic mass is 79.9. The summed E-state index contributed by atoms with van der Waals surface area (Å²) in [5, 5.41) is 2.88. The first-order chi connectivity index (χ1) is 16.5. The molecule has 0 spiro atoms. The minimum Gasteiger partial charge on any atom is -0.354 e. The van der Waals surface area contributed by atoms with Crippen molar-refractivity contribution in [1.82, 2.24) is 10.2 Å². The lowest BCUT2D eigenvalue weighted by Crippen LogP contribution is -2.48. The molecule has 1 atom stereocenters. The molecular weight excluding hydrogens is 537 g/mol. The van der Waals surface area contributed by atoms with Crippen LogP contribution in [0.1, 0.15) is 45.1 Å². The standard InChI is InChI=1S/C25H33BrFN3O4S/c1-4-5-15-28-25(32)19(2)29(18-20-8-6-9-21(26)17-20)24(31)10-7-16-30(35(3,33)34)23-13-11-22(27)12-14-23/h6,8-9,11-14,17,19H,4-5,7,10,15-16,18H2,1-3H3,(H,28,32). The highest BCUT2D eigenvalue weighted by Crippen LogP contribution is 2.20. The topological polar surface area (TPSA) is 86.8 Å². The van der Waals surface area contributed by atoms with Crippen LogP contribution in [0.5, 0.6) is 0 Å². The predicted molar refractivity (Wildman–Crippen MR) is 140 cm³/mol. The van der Waals surface area contributed by atoms with Gasteiger partial charge in [0.2, 0.25) is 21.8 Å². The zero-order chi connectivity index (χ0) is 26.0. The molecule has 2 amide bonds. The Morgan fingerprint density at radius 2 is 1.80 bits per heavy atom. The Hall–Kier alpha value is -2.46. The van der Waals surface area contributed by atoms with Gasteiger partial charge in [0.15, 0.2) is 0 Å². The van der Waals surface area contributed by atoms with Gasteiger partial charge in [-0.05, 0) is 61.7 Å². The van der Waals surface area contributed by atoms with Crippen LogP contribution in [0, 0.1) is 5.82 Å². The number of hydrogen-bond donors (Lipinski definition) is 1. The maximum Gasteiger partial charge on any atom is 0.242 e. The Morgan fingerprint density at radius 3 is 2.40 bits per heavy atom. The largest absolute Gasteiger partial charge is 0.354 e. The third kappa shape index (κ3) is 9.25. The number of carbonyl (C=O) groups excluding carboxylic acids is 2. The van der Waals surface area contributed by atoms with Gasteiger partial charge in [0.05, 0.1) is 11.9 Å². The highest BCUT2D eigenvalue weighted by molar-refractivity contribution is 9.10. The fourth-order valence-corrected chi connectivity index (χ4v) is 4.97. The number of rotatable bonds is 13. The van der Waals surface area contributed by atoms with Gasteiger partial charge in [-0.25, -0.2) is 12.8 Å². The zero-order valence-electron chi connectivity index (χ0n) is 20.3. The first kappa shape index (κ1) is 28.8. The van der Waals surface area contributed by atoms with Crippen LogP contribution in [0.3, 0.4) is 0 Å². The van der Waals surface area contributed by atoms with E-state index in [4.69, 9.17) is 0 Å². The molecule has 1 N–H and O–H groups in total. The van der Waals surface area contributed by atoms with E-state index in [2.05, 4.69) is 21.2 Å². The van der Waals surface area contributed by atoms with Crippen molar-refractivity contribution in [3.05, 3.63) is 64.4 Å². The van der Waals surface area contributed by atoms with Crippen LogP contribution in [-0.2, 0) is 26.2 Å². The van der Waals surface area contributed by atoms with Crippen LogP contribution in [-0.4, -0.2) is 50.5 Å². The minimum atomic E-state index is -3.63. The Balaban J connectivity index is 2.13. The molecule has 0 radical (unpaired) electrons. The average molecular weight is 571 g/mol. The monoisotopic (exact) mass is 569 g/mol. The van der Waals surface area contributed by atoms with Gasteiger partial charge in [-0.3, -0.25) is 13.9 Å². The Kier molecular flexibility index (Phi) is 11.2. The van der Waals surface area contributed by atoms with Crippen molar-refractivity contribution in [3.63, 3.8) is 0 Å². The van der Waals surface area contributed by atoms with Crippen LogP contribution in [0.25, 0.3) is 0 Å². The van der Waals surface area contributed by atoms with Gasteiger partial charge in [-0.1, -0.05) is 41.4 Å². The predicted octanol–water partition coefficient (Wildman–Crippen LogP) is 4.47. The normalized spacial score (nSPS) is 12.1. The molecule has 0 bridgehead atoms. The summed E-state index contributed by atoms with van der Waals surface area (Å²) in [7, 11) is -3.63. The van der Waals surface area contributed by atoms with E-state index >= 15 is 0 Å². The Morgan fingerprint density at radius 1 is 1.11 bits per heavy atom. The second kappa shape index (κ2) is 13.6. The molecule has 1 unspecified atom stereocenters. The molecule has 2 aromatic rings. The van der Waals surface area contributed by atoms with Crippen molar-refractivity contribution in [1.29, 1.82) is 0 Å². The van der Waals surface area contributed by atoms with Crippen LogP contribution in [0.2, 0.25) is 0 Å². The summed E-state index contributed by atoms with van der Waals surface area (Å²) < 4.78 is 39.9. The number of nitrogens with one attached hydrogen (secondary N) is 1. The van der Waals surface area contributed by atoms with E-state index in [1.807, 2.05) is 31.2 Å². The van der Waals surface area contributed by atoms with Gasteiger partial charge in [0.25, 0.3) is 0 Å². The molecule has 10 heteroatoms. The summed E-state index contributed by atoms with van der Waals surface area (Å²) in [4.78, 5) is 27.5. The summed E-state index contributed by atoms with van der Waals surface area (Å²) in [6.07, 6.45) is 3.15. The van der Waals surface area contributed by atoms with Crippen LogP contribution >= 0.6 is 15.9 Å². The minimum absolute atomic E-state index is 0.0494. The van der Waals surface area contributed by atoms with E-state index in [1.165, 1.54) is 29.2 Å². The molecule has 0 aliphatic rings. The van der Waals surface area contributed by atoms with E-state index in [9.17, 15) is 22.4 Å². The van der Waals surface area contributed by atoms with Gasteiger partial charge in [0.1, 0.15) is 11.9 Å². The van der Waals surface area contributed by atoms with Gasteiger partial charge >= 0.3 is 0 Å². The SMILES string of the molecule is CCCCNC(=O)C(C)N(Cc1cccc(Br)c1)C(=O)CCCN(c1ccc(F)cc1)S(C)(=O)=O. The van der Waals surface area contributed by atoms with Crippen molar-refractivity contribution < 1.29 is 22.4 Å². The first-order valence-corrected chi connectivity index (χ1v) is 14.2. The van der Waals surface area contributed by atoms with Crippen molar-refractivity contribution in [2.45, 2.75) is 52.1 Å². The average Bonchev–Trinajstić information content (AvgIpc) is 2.80. The van der Waals surface area contributed by atoms with Crippen LogP contribution in [0.4, 0.5) is 10.1 Å². The summed E-state index contributed by atoms with van der Waals surface area (Å²) in [6.45, 7) is 4.56. The Bertz CT molecular complexity index is 1100. The van der Waals surface area contributed by atoms with Gasteiger partial charge in [0, 0.05) is 30.5 Å². The van der Waals surface area contributed by atoms with Crippen molar-refractivity contribution in [3.8, 4) is 0 Å². The van der Waals surface area contributed by atoms with E-state index in [1.54, 1.807) is 6.92 Å². The quantitative estimate of drug-likeness (QED) is 0.360. The number of sulfonamides is 1. The summed E-state index contributed by atoms with van der Waals surface area (Å²) in [5.74, 6) is -0.951. The second-order valence-corrected chi connectivity index (χ2v) is 11.2. The lowest BCUT2D eigenvalue weighted by Gasteiger charge is -2.29. The maximum atomic E-state index is 13.3. The number of nitrogens with zero attached hydrogens (tertiary/aromatic N) is 2. The second-order valence-electron chi connectivity index (χ2n) is 8.39. The molecule has 0 aliphatic carbocycles. The number of benzene rings is 2. The fourth-order valence-electron chi connectivity index (χ4n) is 3.56. The van der Waals surface area contributed by atoms with Crippen LogP contribution in [0.15, 0.2) is 53.0 Å². The lowest BCUT2D eigenvalue weighted by molar-refractivity contribution is -0.140. The number of anilines is 1. The molecule has 0 saturated heterocycles. The Labute approximate surface area is 215 Å². The number of unbranched alkanes of at least 4 members (excludes halogenated alkanes) is 1. The molecule has 192 valence electrons. The zero-order valence-corrected chi connectivity index (χ0v) is 22.7. The number of carbonyl (C=O) groups is 2. The highest BCUT2D eigenvalue weighted by Gasteiger charge is 2.26. The number of halogens is 2. The molecule has 0 heterocycles. The van der Waals surface area contributed by atoms with E-state index in [-0.39, 0.29) is 37.7 Å². The molecule has 0 aromatic heterocycles. The van der Waals surface area contributed by atoms with E-state index < -0.39 is 21.9 Å². The fraction of sp³-hybridized carbons (Fsp3) is 0.440. The van der Waals surface area contributed by atoms with Crippen molar-refractivity contribution >= 4 is 43.5 Å². The number of hydrogen-bond acceptors (Lipinski definition) is 4. The molecule has 0 aliphatic heterocycles. The van der Waals surface area contributed by atoms with Crippen molar-refractivity contribution in [2.24, 2.45) is 0 Å². The summed E-state index contributed by atoms with van der Waals surface area (Å²) in [5.41, 5.74) is 1.20. The van der Waals surface area contributed by atoms with Crippen LogP contribution < -0.4 is 9.62 Å². The molecule has 0 fully saturated rings.